The molecule has 1 N–H and O–H groups in total. The van der Waals surface area contributed by atoms with Crippen LogP contribution >= 0.6 is 11.8 Å². The smallest absolute Gasteiger partial charge is 0.435 e. The summed E-state index contributed by atoms with van der Waals surface area (Å²) >= 11 is 0.803. The Morgan fingerprint density at radius 3 is 2.33 bits per heavy atom. The first-order chi connectivity index (χ1) is 14.2. The van der Waals surface area contributed by atoms with Crippen LogP contribution in [0.1, 0.15) is 44.0 Å². The zero-order valence-corrected chi connectivity index (χ0v) is 18.1. The van der Waals surface area contributed by atoms with E-state index in [-0.39, 0.29) is 23.5 Å². The van der Waals surface area contributed by atoms with E-state index in [1.54, 1.807) is 26.0 Å². The van der Waals surface area contributed by atoms with E-state index in [1.807, 2.05) is 30.3 Å². The summed E-state index contributed by atoms with van der Waals surface area (Å²) in [6.45, 7) is 4.88. The molecular formula is C23H26NO5S+. The third kappa shape index (κ3) is 3.91. The molecule has 4 atom stereocenters. The number of carbonyl (C=O) groups is 4. The van der Waals surface area contributed by atoms with Crippen LogP contribution in [0.25, 0.3) is 10.8 Å². The fourth-order valence-electron chi connectivity index (χ4n) is 4.34. The quantitative estimate of drug-likeness (QED) is 0.557. The number of carbonyl (C=O) groups excluding carboxylic acids is 3. The largest absolute Gasteiger partial charge is 0.521 e. The first kappa shape index (κ1) is 22.2. The summed E-state index contributed by atoms with van der Waals surface area (Å²) in [6.07, 6.45) is 0.0738. The topological polar surface area (TPSA) is 88.5 Å². The lowest BCUT2D eigenvalue weighted by molar-refractivity contribution is -0.794. The molecule has 0 aromatic heterocycles. The van der Waals surface area contributed by atoms with Crippen molar-refractivity contribution >= 4 is 45.4 Å². The molecule has 1 saturated heterocycles. The summed E-state index contributed by atoms with van der Waals surface area (Å²) in [5.41, 5.74) is 0.406. The van der Waals surface area contributed by atoms with Crippen molar-refractivity contribution in [2.24, 2.45) is 5.92 Å². The molecule has 2 amide bonds. The number of rotatable bonds is 5. The van der Waals surface area contributed by atoms with Gasteiger partial charge >= 0.3 is 12.0 Å². The number of hydrogen-bond acceptors (Lipinski definition) is 5. The highest BCUT2D eigenvalue weighted by molar-refractivity contribution is 8.14. The van der Waals surface area contributed by atoms with Gasteiger partial charge in [-0.2, -0.15) is 9.28 Å². The van der Waals surface area contributed by atoms with E-state index in [9.17, 15) is 24.3 Å². The van der Waals surface area contributed by atoms with Gasteiger partial charge in [-0.15, -0.1) is 0 Å². The van der Waals surface area contributed by atoms with Crippen LogP contribution < -0.4 is 0 Å². The number of amides is 2. The molecule has 2 unspecified atom stereocenters. The Bertz CT molecular complexity index is 1020. The SMILES string of the molecule is CC(=O)S[C@H](C(=O)c1ccc2ccccc2c1)C(C)C(=O)[N@+]1(C(=O)O)CCCC1C. The number of hydrogen-bond donors (Lipinski definition) is 1. The lowest BCUT2D eigenvalue weighted by Gasteiger charge is -2.33. The molecule has 158 valence electrons. The Balaban J connectivity index is 1.98. The van der Waals surface area contributed by atoms with E-state index < -0.39 is 27.7 Å². The molecule has 0 spiro atoms. The van der Waals surface area contributed by atoms with E-state index >= 15 is 0 Å². The van der Waals surface area contributed by atoms with Crippen molar-refractivity contribution in [2.45, 2.75) is 44.9 Å². The van der Waals surface area contributed by atoms with Crippen molar-refractivity contribution in [2.75, 3.05) is 6.54 Å². The summed E-state index contributed by atoms with van der Waals surface area (Å²) in [5.74, 6) is -1.77. The molecule has 6 nitrogen and oxygen atoms in total. The number of nitrogens with zero attached hydrogens (tertiary/aromatic N) is 1. The normalized spacial score (nSPS) is 23.1. The Morgan fingerprint density at radius 2 is 1.77 bits per heavy atom. The lowest BCUT2D eigenvalue weighted by Crippen LogP contribution is -2.61. The third-order valence-electron chi connectivity index (χ3n) is 6.05. The molecular weight excluding hydrogens is 402 g/mol. The Labute approximate surface area is 179 Å². The van der Waals surface area contributed by atoms with Crippen LogP contribution in [0, 0.1) is 5.92 Å². The number of carboxylic acid groups (broad SMARTS) is 1. The lowest BCUT2D eigenvalue weighted by atomic mass is 9.95. The van der Waals surface area contributed by atoms with Gasteiger partial charge in [0.25, 0.3) is 0 Å². The maximum atomic E-state index is 13.4. The minimum absolute atomic E-state index is 0.210. The zero-order chi connectivity index (χ0) is 22.1. The van der Waals surface area contributed by atoms with Gasteiger partial charge in [-0.1, -0.05) is 48.2 Å². The average molecular weight is 429 g/mol. The van der Waals surface area contributed by atoms with Crippen molar-refractivity contribution in [3.8, 4) is 0 Å². The van der Waals surface area contributed by atoms with Gasteiger partial charge in [-0.05, 0) is 30.7 Å². The van der Waals surface area contributed by atoms with Crippen molar-refractivity contribution < 1.29 is 28.8 Å². The number of thioether (sulfide) groups is 1. The van der Waals surface area contributed by atoms with Crippen molar-refractivity contribution in [3.63, 3.8) is 0 Å². The van der Waals surface area contributed by atoms with Gasteiger partial charge in [-0.25, -0.2) is 4.79 Å². The van der Waals surface area contributed by atoms with E-state index in [1.165, 1.54) is 6.92 Å². The molecule has 1 aliphatic rings. The number of likely N-dealkylation sites (tertiary alicyclic amines) is 1. The third-order valence-corrected chi connectivity index (χ3v) is 7.26. The highest BCUT2D eigenvalue weighted by Gasteiger charge is 2.56. The van der Waals surface area contributed by atoms with E-state index in [2.05, 4.69) is 0 Å². The van der Waals surface area contributed by atoms with Gasteiger partial charge in [0.05, 0.1) is 17.7 Å². The zero-order valence-electron chi connectivity index (χ0n) is 17.3. The minimum Gasteiger partial charge on any atom is -0.435 e. The van der Waals surface area contributed by atoms with Gasteiger partial charge in [-0.3, -0.25) is 9.59 Å². The molecule has 0 saturated carbocycles. The molecule has 1 fully saturated rings. The standard InChI is InChI=1S/C23H25NO5S/c1-14-7-6-12-24(14,23(28)29)22(27)15(2)21(30-16(3)25)20(26)19-11-10-17-8-4-5-9-18(17)13-19/h4-5,8-11,13-15,21H,6-7,12H2,1-3H3/p+1/t14?,15?,21-,24-/m0/s1. The molecule has 2 aromatic carbocycles. The van der Waals surface area contributed by atoms with Crippen LogP contribution in [0.3, 0.4) is 0 Å². The fourth-order valence-corrected chi connectivity index (χ4v) is 5.27. The number of quaternary nitrogens is 1. The van der Waals surface area contributed by atoms with Gasteiger partial charge in [0.15, 0.2) is 10.9 Å². The van der Waals surface area contributed by atoms with Crippen LogP contribution in [-0.2, 0) is 9.59 Å². The second kappa shape index (κ2) is 8.70. The van der Waals surface area contributed by atoms with E-state index in [0.29, 0.717) is 18.4 Å². The van der Waals surface area contributed by atoms with Gasteiger partial charge < -0.3 is 5.11 Å². The van der Waals surface area contributed by atoms with Crippen LogP contribution in [0.15, 0.2) is 42.5 Å². The molecule has 0 bridgehead atoms. The second-order valence-corrected chi connectivity index (χ2v) is 9.27. The molecule has 0 aliphatic carbocycles. The van der Waals surface area contributed by atoms with E-state index in [0.717, 1.165) is 22.5 Å². The summed E-state index contributed by atoms with van der Waals surface area (Å²) in [6, 6.07) is 12.5. The first-order valence-electron chi connectivity index (χ1n) is 10.0. The van der Waals surface area contributed by atoms with Crippen molar-refractivity contribution in [1.29, 1.82) is 0 Å². The van der Waals surface area contributed by atoms with E-state index in [4.69, 9.17) is 0 Å². The number of imide groups is 1. The summed E-state index contributed by atoms with van der Waals surface area (Å²) in [5, 5.41) is 10.5. The summed E-state index contributed by atoms with van der Waals surface area (Å²) in [7, 11) is 0. The minimum atomic E-state index is -1.19. The van der Waals surface area contributed by atoms with Crippen molar-refractivity contribution in [1.82, 2.24) is 0 Å². The fraction of sp³-hybridized carbons (Fsp3) is 0.391. The molecule has 1 heterocycles. The predicted molar refractivity (Wildman–Crippen MR) is 116 cm³/mol. The molecule has 2 aromatic rings. The molecule has 0 radical (unpaired) electrons. The highest BCUT2D eigenvalue weighted by Crippen LogP contribution is 2.34. The number of Topliss-reactive ketones (excluding diaryl/α,β-unsaturated/α-hetero) is 1. The van der Waals surface area contributed by atoms with Crippen LogP contribution in [-0.4, -0.2) is 50.3 Å². The number of fused-ring (bicyclic) bond motifs is 1. The predicted octanol–water partition coefficient (Wildman–Crippen LogP) is 4.51. The second-order valence-electron chi connectivity index (χ2n) is 7.95. The van der Waals surface area contributed by atoms with Crippen LogP contribution in [0.4, 0.5) is 4.79 Å². The van der Waals surface area contributed by atoms with Gasteiger partial charge in [0, 0.05) is 25.3 Å². The summed E-state index contributed by atoms with van der Waals surface area (Å²) in [4.78, 5) is 50.8. The van der Waals surface area contributed by atoms with Crippen molar-refractivity contribution in [3.05, 3.63) is 48.0 Å². The van der Waals surface area contributed by atoms with Crippen LogP contribution in [0.2, 0.25) is 0 Å². The van der Waals surface area contributed by atoms with Gasteiger partial charge in [0.2, 0.25) is 0 Å². The maximum absolute atomic E-state index is 13.4. The van der Waals surface area contributed by atoms with Gasteiger partial charge in [0.1, 0.15) is 6.04 Å². The number of benzene rings is 2. The maximum Gasteiger partial charge on any atom is 0.521 e. The number of ketones is 1. The highest BCUT2D eigenvalue weighted by atomic mass is 32.2. The average Bonchev–Trinajstić information content (AvgIpc) is 3.12. The Hall–Kier alpha value is -2.51. The Kier molecular flexibility index (Phi) is 6.43. The van der Waals surface area contributed by atoms with Crippen LogP contribution in [0.5, 0.6) is 0 Å². The first-order valence-corrected chi connectivity index (χ1v) is 10.9. The monoisotopic (exact) mass is 428 g/mol. The molecule has 1 aliphatic heterocycles. The molecule has 30 heavy (non-hydrogen) atoms. The molecule has 7 heteroatoms. The Morgan fingerprint density at radius 1 is 1.10 bits per heavy atom. The summed E-state index contributed by atoms with van der Waals surface area (Å²) < 4.78 is -0.679. The molecule has 3 rings (SSSR count).